The Bertz CT molecular complexity index is 770. The first-order chi connectivity index (χ1) is 12.2. The van der Waals surface area contributed by atoms with E-state index >= 15 is 0 Å². The molecule has 130 valence electrons. The third-order valence-electron chi connectivity index (χ3n) is 5.09. The van der Waals surface area contributed by atoms with Gasteiger partial charge in [0.15, 0.2) is 0 Å². The van der Waals surface area contributed by atoms with Crippen molar-refractivity contribution in [2.45, 2.75) is 25.7 Å². The third-order valence-corrected chi connectivity index (χ3v) is 5.09. The molecule has 25 heavy (non-hydrogen) atoms. The number of phenolic OH excluding ortho intramolecular Hbond substituents is 1. The van der Waals surface area contributed by atoms with Gasteiger partial charge in [-0.25, -0.2) is 9.97 Å². The van der Waals surface area contributed by atoms with Crippen LogP contribution in [-0.2, 0) is 12.8 Å². The number of anilines is 1. The topological polar surface area (TPSA) is 69.6 Å². The van der Waals surface area contributed by atoms with Crippen molar-refractivity contribution in [2.24, 2.45) is 0 Å². The number of amides is 1. The normalized spacial score (nSPS) is 17.3. The highest BCUT2D eigenvalue weighted by atomic mass is 16.3. The standard InChI is InChI=1S/C19H22N4O2/c24-17-13-15-5-2-1-4-14(15)12-16(17)18(25)22-8-10-23(11-9-22)19-20-6-3-7-21-19/h3,6-7,12-13,24H,1-2,4-5,8-11H2. The SMILES string of the molecule is O=C(c1cc2c(cc1O)CCCC2)N1CCN(c2ncccn2)CC1. The van der Waals surface area contributed by atoms with Gasteiger partial charge < -0.3 is 14.9 Å². The van der Waals surface area contributed by atoms with Crippen LogP contribution in [-0.4, -0.2) is 52.1 Å². The van der Waals surface area contributed by atoms with Crippen LogP contribution >= 0.6 is 0 Å². The number of fused-ring (bicyclic) bond motifs is 1. The molecule has 0 saturated carbocycles. The number of piperazine rings is 1. The predicted octanol–water partition coefficient (Wildman–Crippen LogP) is 2.02. The Labute approximate surface area is 147 Å². The van der Waals surface area contributed by atoms with E-state index in [9.17, 15) is 9.90 Å². The summed E-state index contributed by atoms with van der Waals surface area (Å²) in [5.41, 5.74) is 2.83. The van der Waals surface area contributed by atoms with Gasteiger partial charge >= 0.3 is 0 Å². The largest absolute Gasteiger partial charge is 0.507 e. The molecular formula is C19H22N4O2. The van der Waals surface area contributed by atoms with Crippen LogP contribution in [0.3, 0.4) is 0 Å². The molecule has 2 aliphatic rings. The number of rotatable bonds is 2. The molecule has 0 unspecified atom stereocenters. The van der Waals surface area contributed by atoms with Gasteiger partial charge in [-0.1, -0.05) is 0 Å². The van der Waals surface area contributed by atoms with Crippen molar-refractivity contribution >= 4 is 11.9 Å². The monoisotopic (exact) mass is 338 g/mol. The smallest absolute Gasteiger partial charge is 0.257 e. The van der Waals surface area contributed by atoms with Gasteiger partial charge in [0, 0.05) is 38.6 Å². The van der Waals surface area contributed by atoms with Gasteiger partial charge in [0.05, 0.1) is 5.56 Å². The van der Waals surface area contributed by atoms with Crippen molar-refractivity contribution in [3.8, 4) is 5.75 Å². The highest BCUT2D eigenvalue weighted by molar-refractivity contribution is 5.97. The second kappa shape index (κ2) is 6.70. The second-order valence-corrected chi connectivity index (χ2v) is 6.67. The zero-order valence-electron chi connectivity index (χ0n) is 14.2. The van der Waals surface area contributed by atoms with E-state index in [0.29, 0.717) is 37.7 Å². The molecule has 1 saturated heterocycles. The third kappa shape index (κ3) is 3.16. The van der Waals surface area contributed by atoms with E-state index < -0.39 is 0 Å². The van der Waals surface area contributed by atoms with Crippen molar-refractivity contribution in [1.29, 1.82) is 0 Å². The summed E-state index contributed by atoms with van der Waals surface area (Å²) < 4.78 is 0. The van der Waals surface area contributed by atoms with Gasteiger partial charge in [-0.3, -0.25) is 4.79 Å². The quantitative estimate of drug-likeness (QED) is 0.907. The number of carbonyl (C=O) groups excluding carboxylic acids is 1. The Morgan fingerprint density at radius 1 is 0.960 bits per heavy atom. The Hall–Kier alpha value is -2.63. The molecule has 4 rings (SSSR count). The molecule has 0 radical (unpaired) electrons. The van der Waals surface area contributed by atoms with Gasteiger partial charge in [0.1, 0.15) is 5.75 Å². The fourth-order valence-corrected chi connectivity index (χ4v) is 3.68. The molecule has 1 fully saturated rings. The van der Waals surface area contributed by atoms with E-state index in [1.807, 2.05) is 11.0 Å². The maximum atomic E-state index is 12.9. The number of nitrogens with zero attached hydrogens (tertiary/aromatic N) is 4. The van der Waals surface area contributed by atoms with Crippen molar-refractivity contribution in [2.75, 3.05) is 31.1 Å². The predicted molar refractivity (Wildman–Crippen MR) is 94.9 cm³/mol. The number of hydrogen-bond acceptors (Lipinski definition) is 5. The zero-order chi connectivity index (χ0) is 17.2. The fraction of sp³-hybridized carbons (Fsp3) is 0.421. The number of phenols is 1. The molecule has 6 nitrogen and oxygen atoms in total. The van der Waals surface area contributed by atoms with Crippen LogP contribution in [0.15, 0.2) is 30.6 Å². The van der Waals surface area contributed by atoms with E-state index in [2.05, 4.69) is 14.9 Å². The summed E-state index contributed by atoms with van der Waals surface area (Å²) in [7, 11) is 0. The lowest BCUT2D eigenvalue weighted by atomic mass is 9.89. The molecule has 2 aromatic rings. The van der Waals surface area contributed by atoms with Crippen LogP contribution in [0.1, 0.15) is 34.3 Å². The summed E-state index contributed by atoms with van der Waals surface area (Å²) in [6.45, 7) is 2.60. The number of aromatic hydroxyl groups is 1. The fourth-order valence-electron chi connectivity index (χ4n) is 3.68. The zero-order valence-corrected chi connectivity index (χ0v) is 14.2. The van der Waals surface area contributed by atoms with E-state index in [4.69, 9.17) is 0 Å². The maximum absolute atomic E-state index is 12.9. The van der Waals surface area contributed by atoms with E-state index in [1.54, 1.807) is 24.5 Å². The molecule has 0 bridgehead atoms. The molecule has 1 aliphatic heterocycles. The summed E-state index contributed by atoms with van der Waals surface area (Å²) >= 11 is 0. The highest BCUT2D eigenvalue weighted by Crippen LogP contribution is 2.29. The maximum Gasteiger partial charge on any atom is 0.257 e. The summed E-state index contributed by atoms with van der Waals surface area (Å²) in [5.74, 6) is 0.727. The van der Waals surface area contributed by atoms with Crippen LogP contribution in [0.2, 0.25) is 0 Å². The molecule has 1 aromatic heterocycles. The molecule has 0 atom stereocenters. The summed E-state index contributed by atoms with van der Waals surface area (Å²) in [4.78, 5) is 25.3. The Morgan fingerprint density at radius 2 is 1.60 bits per heavy atom. The first-order valence-corrected chi connectivity index (χ1v) is 8.88. The number of carbonyl (C=O) groups is 1. The number of benzene rings is 1. The molecule has 0 spiro atoms. The van der Waals surface area contributed by atoms with Gasteiger partial charge in [0.2, 0.25) is 5.95 Å². The van der Waals surface area contributed by atoms with E-state index in [1.165, 1.54) is 11.1 Å². The highest BCUT2D eigenvalue weighted by Gasteiger charge is 2.26. The minimum absolute atomic E-state index is 0.0838. The molecule has 1 amide bonds. The molecule has 2 heterocycles. The molecule has 6 heteroatoms. The first-order valence-electron chi connectivity index (χ1n) is 8.88. The second-order valence-electron chi connectivity index (χ2n) is 6.67. The Balaban J connectivity index is 1.47. The Morgan fingerprint density at radius 3 is 2.28 bits per heavy atom. The lowest BCUT2D eigenvalue weighted by molar-refractivity contribution is 0.0743. The number of hydrogen-bond donors (Lipinski definition) is 1. The Kier molecular flexibility index (Phi) is 4.26. The lowest BCUT2D eigenvalue weighted by Crippen LogP contribution is -2.49. The summed E-state index contributed by atoms with van der Waals surface area (Å²) in [6.07, 6.45) is 7.75. The van der Waals surface area contributed by atoms with Gasteiger partial charge in [-0.15, -0.1) is 0 Å². The summed E-state index contributed by atoms with van der Waals surface area (Å²) in [5, 5.41) is 10.3. The number of aromatic nitrogens is 2. The molecule has 1 N–H and O–H groups in total. The average molecular weight is 338 g/mol. The van der Waals surface area contributed by atoms with Gasteiger partial charge in [-0.05, 0) is 55.0 Å². The minimum atomic E-state index is -0.0838. The van der Waals surface area contributed by atoms with Crippen molar-refractivity contribution in [3.63, 3.8) is 0 Å². The van der Waals surface area contributed by atoms with Crippen molar-refractivity contribution in [1.82, 2.24) is 14.9 Å². The van der Waals surface area contributed by atoms with Crippen LogP contribution < -0.4 is 4.90 Å². The molecule has 1 aliphatic carbocycles. The van der Waals surface area contributed by atoms with Crippen LogP contribution in [0, 0.1) is 0 Å². The van der Waals surface area contributed by atoms with Gasteiger partial charge in [-0.2, -0.15) is 0 Å². The van der Waals surface area contributed by atoms with E-state index in [0.717, 1.165) is 25.7 Å². The molecule has 1 aromatic carbocycles. The number of aryl methyl sites for hydroxylation is 2. The van der Waals surface area contributed by atoms with Crippen LogP contribution in [0.25, 0.3) is 0 Å². The van der Waals surface area contributed by atoms with E-state index in [-0.39, 0.29) is 11.7 Å². The first kappa shape index (κ1) is 15.9. The lowest BCUT2D eigenvalue weighted by Gasteiger charge is -2.35. The van der Waals surface area contributed by atoms with Crippen LogP contribution in [0.4, 0.5) is 5.95 Å². The average Bonchev–Trinajstić information content (AvgIpc) is 2.68. The minimum Gasteiger partial charge on any atom is -0.507 e. The molecular weight excluding hydrogens is 316 g/mol. The van der Waals surface area contributed by atoms with Gasteiger partial charge in [0.25, 0.3) is 5.91 Å². The van der Waals surface area contributed by atoms with Crippen molar-refractivity contribution < 1.29 is 9.90 Å². The summed E-state index contributed by atoms with van der Waals surface area (Å²) in [6, 6.07) is 5.48. The van der Waals surface area contributed by atoms with Crippen molar-refractivity contribution in [3.05, 3.63) is 47.3 Å². The van der Waals surface area contributed by atoms with Crippen LogP contribution in [0.5, 0.6) is 5.75 Å².